The number of alkyl halides is 3. The standard InChI is InChI=1S/C19H12F4N2S/c20-14-3-7-16(8-4-14)25-12-18-10-9-17(26-18)11-24-15-5-1-13(2-6-15)19(21,22)23/h1-12H. The molecule has 0 saturated heterocycles. The summed E-state index contributed by atoms with van der Waals surface area (Å²) in [6.07, 6.45) is -1.11. The van der Waals surface area contributed by atoms with Crippen molar-refractivity contribution in [1.82, 2.24) is 0 Å². The normalized spacial score (nSPS) is 12.3. The highest BCUT2D eigenvalue weighted by atomic mass is 32.1. The van der Waals surface area contributed by atoms with E-state index in [0.717, 1.165) is 21.9 Å². The number of rotatable bonds is 4. The summed E-state index contributed by atoms with van der Waals surface area (Å²) in [7, 11) is 0. The molecule has 0 spiro atoms. The van der Waals surface area contributed by atoms with Gasteiger partial charge in [0.1, 0.15) is 5.82 Å². The topological polar surface area (TPSA) is 24.7 Å². The molecule has 0 radical (unpaired) electrons. The summed E-state index contributed by atoms with van der Waals surface area (Å²) < 4.78 is 50.4. The van der Waals surface area contributed by atoms with E-state index in [2.05, 4.69) is 9.98 Å². The number of benzene rings is 2. The van der Waals surface area contributed by atoms with Crippen molar-refractivity contribution < 1.29 is 17.6 Å². The molecule has 0 fully saturated rings. The van der Waals surface area contributed by atoms with Gasteiger partial charge < -0.3 is 0 Å². The highest BCUT2D eigenvalue weighted by Gasteiger charge is 2.29. The fourth-order valence-corrected chi connectivity index (χ4v) is 2.80. The average molecular weight is 376 g/mol. The first-order chi connectivity index (χ1) is 12.4. The van der Waals surface area contributed by atoms with Gasteiger partial charge in [-0.1, -0.05) is 0 Å². The van der Waals surface area contributed by atoms with Gasteiger partial charge in [0.05, 0.1) is 16.9 Å². The fourth-order valence-electron chi connectivity index (χ4n) is 2.05. The second kappa shape index (κ2) is 7.61. The van der Waals surface area contributed by atoms with Gasteiger partial charge in [0.15, 0.2) is 0 Å². The molecule has 0 unspecified atom stereocenters. The number of halogens is 4. The molecular formula is C19H12F4N2S. The first-order valence-electron chi connectivity index (χ1n) is 7.51. The molecule has 0 aliphatic rings. The zero-order valence-electron chi connectivity index (χ0n) is 13.2. The van der Waals surface area contributed by atoms with E-state index < -0.39 is 11.7 Å². The smallest absolute Gasteiger partial charge is 0.255 e. The molecule has 0 saturated carbocycles. The van der Waals surface area contributed by atoms with E-state index in [9.17, 15) is 17.6 Å². The zero-order valence-corrected chi connectivity index (χ0v) is 14.1. The zero-order chi connectivity index (χ0) is 18.6. The number of aliphatic imine (C=N–C) groups is 2. The summed E-state index contributed by atoms with van der Waals surface area (Å²) in [5, 5.41) is 0. The Hall–Kier alpha value is -2.80. The Morgan fingerprint density at radius 1 is 0.692 bits per heavy atom. The van der Waals surface area contributed by atoms with Crippen molar-refractivity contribution in [3.8, 4) is 0 Å². The molecule has 7 heteroatoms. The van der Waals surface area contributed by atoms with Gasteiger partial charge in [0, 0.05) is 22.2 Å². The van der Waals surface area contributed by atoms with Crippen molar-refractivity contribution in [2.24, 2.45) is 9.98 Å². The van der Waals surface area contributed by atoms with Gasteiger partial charge in [-0.05, 0) is 60.7 Å². The predicted octanol–water partition coefficient (Wildman–Crippen LogP) is 6.41. The van der Waals surface area contributed by atoms with Crippen molar-refractivity contribution in [3.63, 3.8) is 0 Å². The van der Waals surface area contributed by atoms with Gasteiger partial charge in [-0.25, -0.2) is 4.39 Å². The number of thiophene rings is 1. The van der Waals surface area contributed by atoms with Gasteiger partial charge in [0.2, 0.25) is 0 Å². The molecule has 1 heterocycles. The number of hydrogen-bond acceptors (Lipinski definition) is 3. The summed E-state index contributed by atoms with van der Waals surface area (Å²) in [6.45, 7) is 0. The number of hydrogen-bond donors (Lipinski definition) is 0. The molecule has 2 nitrogen and oxygen atoms in total. The summed E-state index contributed by atoms with van der Waals surface area (Å²) in [6, 6.07) is 14.2. The second-order valence-corrected chi connectivity index (χ2v) is 6.42. The fraction of sp³-hybridized carbons (Fsp3) is 0.0526. The molecule has 0 aliphatic heterocycles. The molecule has 2 aromatic carbocycles. The van der Waals surface area contributed by atoms with Crippen LogP contribution < -0.4 is 0 Å². The van der Waals surface area contributed by atoms with Gasteiger partial charge >= 0.3 is 6.18 Å². The van der Waals surface area contributed by atoms with Crippen LogP contribution in [-0.4, -0.2) is 12.4 Å². The van der Waals surface area contributed by atoms with Crippen LogP contribution in [0.2, 0.25) is 0 Å². The van der Waals surface area contributed by atoms with Crippen LogP contribution >= 0.6 is 11.3 Å². The molecular weight excluding hydrogens is 364 g/mol. The minimum atomic E-state index is -4.35. The van der Waals surface area contributed by atoms with Crippen molar-refractivity contribution >= 4 is 35.1 Å². The third-order valence-electron chi connectivity index (χ3n) is 3.35. The number of nitrogens with zero attached hydrogens (tertiary/aromatic N) is 2. The molecule has 132 valence electrons. The van der Waals surface area contributed by atoms with Crippen LogP contribution in [-0.2, 0) is 6.18 Å². The Morgan fingerprint density at radius 3 is 1.62 bits per heavy atom. The molecule has 0 atom stereocenters. The summed E-state index contributed by atoms with van der Waals surface area (Å²) in [5.74, 6) is -0.318. The molecule has 0 N–H and O–H groups in total. The average Bonchev–Trinajstić information content (AvgIpc) is 3.07. The molecule has 0 bridgehead atoms. The molecule has 26 heavy (non-hydrogen) atoms. The lowest BCUT2D eigenvalue weighted by atomic mass is 10.2. The Morgan fingerprint density at radius 2 is 1.15 bits per heavy atom. The first kappa shape index (κ1) is 18.0. The lowest BCUT2D eigenvalue weighted by Gasteiger charge is -2.05. The maximum atomic E-state index is 12.8. The molecule has 3 aromatic rings. The van der Waals surface area contributed by atoms with E-state index in [1.54, 1.807) is 24.6 Å². The van der Waals surface area contributed by atoms with E-state index in [1.807, 2.05) is 12.1 Å². The van der Waals surface area contributed by atoms with Gasteiger partial charge in [0.25, 0.3) is 0 Å². The van der Waals surface area contributed by atoms with Crippen molar-refractivity contribution in [3.05, 3.63) is 81.8 Å². The summed E-state index contributed by atoms with van der Waals surface area (Å²) in [4.78, 5) is 10.1. The van der Waals surface area contributed by atoms with Crippen LogP contribution in [0.25, 0.3) is 0 Å². The lowest BCUT2D eigenvalue weighted by molar-refractivity contribution is -0.137. The highest BCUT2D eigenvalue weighted by Crippen LogP contribution is 2.30. The van der Waals surface area contributed by atoms with E-state index in [4.69, 9.17) is 0 Å². The monoisotopic (exact) mass is 376 g/mol. The van der Waals surface area contributed by atoms with Crippen LogP contribution in [0.3, 0.4) is 0 Å². The largest absolute Gasteiger partial charge is 0.416 e. The predicted molar refractivity (Wildman–Crippen MR) is 96.7 cm³/mol. The maximum Gasteiger partial charge on any atom is 0.416 e. The van der Waals surface area contributed by atoms with E-state index >= 15 is 0 Å². The minimum absolute atomic E-state index is 0.318. The highest BCUT2D eigenvalue weighted by molar-refractivity contribution is 7.15. The van der Waals surface area contributed by atoms with Crippen molar-refractivity contribution in [2.75, 3.05) is 0 Å². The Bertz CT molecular complexity index is 923. The first-order valence-corrected chi connectivity index (χ1v) is 8.33. The van der Waals surface area contributed by atoms with Crippen LogP contribution in [0.4, 0.5) is 28.9 Å². The molecule has 0 aliphatic carbocycles. The quantitative estimate of drug-likeness (QED) is 0.371. The van der Waals surface area contributed by atoms with Gasteiger partial charge in [-0.15, -0.1) is 11.3 Å². The van der Waals surface area contributed by atoms with Crippen LogP contribution in [0.1, 0.15) is 15.3 Å². The Balaban J connectivity index is 1.66. The second-order valence-electron chi connectivity index (χ2n) is 5.28. The molecule has 1 aromatic heterocycles. The van der Waals surface area contributed by atoms with Gasteiger partial charge in [-0.2, -0.15) is 13.2 Å². The van der Waals surface area contributed by atoms with Crippen molar-refractivity contribution in [2.45, 2.75) is 6.18 Å². The van der Waals surface area contributed by atoms with E-state index in [-0.39, 0.29) is 5.82 Å². The lowest BCUT2D eigenvalue weighted by Crippen LogP contribution is -2.03. The molecule has 0 amide bonds. The Labute approximate surface area is 151 Å². The minimum Gasteiger partial charge on any atom is -0.255 e. The van der Waals surface area contributed by atoms with Crippen LogP contribution in [0, 0.1) is 5.82 Å². The van der Waals surface area contributed by atoms with Crippen LogP contribution in [0.5, 0.6) is 0 Å². The Kier molecular flexibility index (Phi) is 5.27. The summed E-state index contributed by atoms with van der Waals surface area (Å²) in [5.41, 5.74) is 0.375. The van der Waals surface area contributed by atoms with Gasteiger partial charge in [-0.3, -0.25) is 9.98 Å². The summed E-state index contributed by atoms with van der Waals surface area (Å²) >= 11 is 1.43. The maximum absolute atomic E-state index is 12.8. The SMILES string of the molecule is Fc1ccc(N=Cc2ccc(C=Nc3ccc(C(F)(F)F)cc3)s2)cc1. The van der Waals surface area contributed by atoms with Crippen molar-refractivity contribution in [1.29, 1.82) is 0 Å². The third-order valence-corrected chi connectivity index (χ3v) is 4.30. The molecule has 3 rings (SSSR count). The van der Waals surface area contributed by atoms with Crippen LogP contribution in [0.15, 0.2) is 70.6 Å². The third kappa shape index (κ3) is 4.86. The van der Waals surface area contributed by atoms with E-state index in [0.29, 0.717) is 11.4 Å². The van der Waals surface area contributed by atoms with E-state index in [1.165, 1.54) is 35.6 Å².